The summed E-state index contributed by atoms with van der Waals surface area (Å²) in [6.45, 7) is 1.00. The van der Waals surface area contributed by atoms with Crippen LogP contribution in [0.15, 0.2) is 59.1 Å². The Morgan fingerprint density at radius 1 is 1.06 bits per heavy atom. The Morgan fingerprint density at radius 3 is 2.42 bits per heavy atom. The van der Waals surface area contributed by atoms with Gasteiger partial charge in [-0.3, -0.25) is 20.4 Å². The number of carbonyl (C=O) groups excluding carboxylic acids is 3. The molecule has 0 fully saturated rings. The highest BCUT2D eigenvalue weighted by molar-refractivity contribution is 9.10. The molecule has 0 atom stereocenters. The third-order valence-electron chi connectivity index (χ3n) is 3.92. The van der Waals surface area contributed by atoms with Gasteiger partial charge in [0, 0.05) is 10.0 Å². The fraction of sp³-hybridized carbons (Fsp3) is 0.100. The number of nitrogens with zero attached hydrogens (tertiary/aromatic N) is 4. The van der Waals surface area contributed by atoms with E-state index in [4.69, 9.17) is 4.74 Å². The van der Waals surface area contributed by atoms with E-state index in [2.05, 4.69) is 42.3 Å². The van der Waals surface area contributed by atoms with Crippen molar-refractivity contribution in [2.24, 2.45) is 0 Å². The van der Waals surface area contributed by atoms with Crippen molar-refractivity contribution in [1.82, 2.24) is 31.1 Å². The first kappa shape index (κ1) is 21.8. The smallest absolute Gasteiger partial charge is 0.357 e. The summed E-state index contributed by atoms with van der Waals surface area (Å²) in [5.74, 6) is -1.67. The van der Waals surface area contributed by atoms with Crippen LogP contribution >= 0.6 is 15.9 Å². The molecule has 11 heteroatoms. The van der Waals surface area contributed by atoms with Crippen molar-refractivity contribution in [1.29, 1.82) is 0 Å². The van der Waals surface area contributed by atoms with Crippen LogP contribution in [0.25, 0.3) is 11.8 Å². The van der Waals surface area contributed by atoms with E-state index in [1.54, 1.807) is 49.4 Å². The number of hydrazine groups is 1. The highest BCUT2D eigenvalue weighted by Crippen LogP contribution is 2.13. The molecule has 0 aliphatic rings. The number of hydrogen-bond acceptors (Lipinski definition) is 7. The molecule has 0 aliphatic carbocycles. The summed E-state index contributed by atoms with van der Waals surface area (Å²) in [6.07, 6.45) is 1.54. The highest BCUT2D eigenvalue weighted by atomic mass is 79.9. The Bertz CT molecular complexity index is 1110. The van der Waals surface area contributed by atoms with E-state index in [0.29, 0.717) is 11.4 Å². The van der Waals surface area contributed by atoms with Gasteiger partial charge >= 0.3 is 5.97 Å². The van der Waals surface area contributed by atoms with Crippen LogP contribution in [-0.4, -0.2) is 44.6 Å². The molecular weight excluding hydrogens is 468 g/mol. The quantitative estimate of drug-likeness (QED) is 0.309. The monoisotopic (exact) mass is 484 g/mol. The predicted octanol–water partition coefficient (Wildman–Crippen LogP) is 1.75. The van der Waals surface area contributed by atoms with E-state index in [9.17, 15) is 14.4 Å². The Morgan fingerprint density at radius 2 is 1.77 bits per heavy atom. The lowest BCUT2D eigenvalue weighted by Crippen LogP contribution is -2.43. The number of nitrogens with one attached hydrogen (secondary N) is 2. The minimum absolute atomic E-state index is 0.0281. The molecule has 158 valence electrons. The van der Waals surface area contributed by atoms with E-state index >= 15 is 0 Å². The fourth-order valence-electron chi connectivity index (χ4n) is 2.41. The molecule has 0 saturated carbocycles. The molecule has 2 aromatic carbocycles. The summed E-state index contributed by atoms with van der Waals surface area (Å²) in [5.41, 5.74) is 5.54. The zero-order valence-electron chi connectivity index (χ0n) is 16.3. The minimum Gasteiger partial charge on any atom is -0.451 e. The average molecular weight is 485 g/mol. The molecule has 1 aromatic heterocycles. The molecule has 1 heterocycles. The summed E-state index contributed by atoms with van der Waals surface area (Å²) in [4.78, 5) is 36.6. The molecule has 2 amide bonds. The van der Waals surface area contributed by atoms with E-state index in [1.807, 2.05) is 18.2 Å². The molecule has 31 heavy (non-hydrogen) atoms. The third kappa shape index (κ3) is 6.06. The second-order valence-electron chi connectivity index (χ2n) is 6.16. The summed E-state index contributed by atoms with van der Waals surface area (Å²) in [7, 11) is 0. The van der Waals surface area contributed by atoms with E-state index in [1.165, 1.54) is 4.68 Å². The van der Waals surface area contributed by atoms with Gasteiger partial charge < -0.3 is 4.74 Å². The third-order valence-corrected chi connectivity index (χ3v) is 4.45. The molecule has 10 nitrogen and oxygen atoms in total. The number of carbonyl (C=O) groups is 3. The first-order valence-corrected chi connectivity index (χ1v) is 9.77. The SMILES string of the molecule is Cc1nnnn1C(=Cc1ccccc1)C(=O)OCC(=O)NNC(=O)c1ccc(Br)cc1. The first-order chi connectivity index (χ1) is 14.9. The number of aryl methyl sites for hydroxylation is 1. The van der Waals surface area contributed by atoms with Crippen LogP contribution in [0.4, 0.5) is 0 Å². The number of aromatic nitrogens is 4. The zero-order chi connectivity index (χ0) is 22.2. The van der Waals surface area contributed by atoms with Crippen molar-refractivity contribution in [2.45, 2.75) is 6.92 Å². The van der Waals surface area contributed by atoms with Gasteiger partial charge in [-0.2, -0.15) is 4.68 Å². The van der Waals surface area contributed by atoms with Gasteiger partial charge in [-0.25, -0.2) is 4.79 Å². The Labute approximate surface area is 185 Å². The maximum Gasteiger partial charge on any atom is 0.357 e. The number of ether oxygens (including phenoxy) is 1. The normalized spacial score (nSPS) is 11.0. The lowest BCUT2D eigenvalue weighted by molar-refractivity contribution is -0.143. The number of esters is 1. The standard InChI is InChI=1S/C20H17BrN6O4/c1-13-22-25-26-27(13)17(11-14-5-3-2-4-6-14)20(30)31-12-18(28)23-24-19(29)15-7-9-16(21)10-8-15/h2-11H,12H2,1H3,(H,23,28)(H,24,29). The van der Waals surface area contributed by atoms with Gasteiger partial charge in [-0.05, 0) is 53.3 Å². The summed E-state index contributed by atoms with van der Waals surface area (Å²) in [6, 6.07) is 15.6. The predicted molar refractivity (Wildman–Crippen MR) is 114 cm³/mol. The summed E-state index contributed by atoms with van der Waals surface area (Å²) in [5, 5.41) is 11.1. The van der Waals surface area contributed by atoms with Gasteiger partial charge in [0.1, 0.15) is 0 Å². The van der Waals surface area contributed by atoms with Crippen molar-refractivity contribution in [2.75, 3.05) is 6.61 Å². The highest BCUT2D eigenvalue weighted by Gasteiger charge is 2.19. The molecule has 0 bridgehead atoms. The van der Waals surface area contributed by atoms with Crippen molar-refractivity contribution in [3.8, 4) is 0 Å². The molecular formula is C20H17BrN6O4. The summed E-state index contributed by atoms with van der Waals surface area (Å²) < 4.78 is 7.11. The molecule has 0 unspecified atom stereocenters. The van der Waals surface area contributed by atoms with Crippen LogP contribution in [0.5, 0.6) is 0 Å². The molecule has 3 rings (SSSR count). The first-order valence-electron chi connectivity index (χ1n) is 8.98. The van der Waals surface area contributed by atoms with Crippen molar-refractivity contribution in [3.05, 3.63) is 76.0 Å². The van der Waals surface area contributed by atoms with Crippen LogP contribution in [-0.2, 0) is 14.3 Å². The topological polar surface area (TPSA) is 128 Å². The molecule has 3 aromatic rings. The molecule has 0 spiro atoms. The molecule has 0 saturated heterocycles. The lowest BCUT2D eigenvalue weighted by Gasteiger charge is -2.10. The van der Waals surface area contributed by atoms with Gasteiger partial charge in [0.05, 0.1) is 0 Å². The number of hydrogen-bond donors (Lipinski definition) is 2. The van der Waals surface area contributed by atoms with Gasteiger partial charge in [0.15, 0.2) is 18.1 Å². The Hall–Kier alpha value is -3.86. The maximum absolute atomic E-state index is 12.6. The second kappa shape index (κ2) is 10.3. The van der Waals surface area contributed by atoms with Gasteiger partial charge in [-0.1, -0.05) is 46.3 Å². The van der Waals surface area contributed by atoms with E-state index in [0.717, 1.165) is 10.0 Å². The van der Waals surface area contributed by atoms with Crippen LogP contribution in [0.2, 0.25) is 0 Å². The number of benzene rings is 2. The van der Waals surface area contributed by atoms with Gasteiger partial charge in [-0.15, -0.1) is 5.10 Å². The van der Waals surface area contributed by atoms with Crippen molar-refractivity contribution >= 4 is 45.5 Å². The fourth-order valence-corrected chi connectivity index (χ4v) is 2.67. The number of halogens is 1. The van der Waals surface area contributed by atoms with Crippen LogP contribution in [0.3, 0.4) is 0 Å². The molecule has 0 aliphatic heterocycles. The van der Waals surface area contributed by atoms with Crippen molar-refractivity contribution in [3.63, 3.8) is 0 Å². The largest absolute Gasteiger partial charge is 0.451 e. The van der Waals surface area contributed by atoms with Crippen LogP contribution in [0, 0.1) is 6.92 Å². The summed E-state index contributed by atoms with van der Waals surface area (Å²) >= 11 is 3.27. The number of rotatable bonds is 6. The Balaban J connectivity index is 1.61. The minimum atomic E-state index is -0.811. The van der Waals surface area contributed by atoms with Crippen LogP contribution in [0.1, 0.15) is 21.7 Å². The maximum atomic E-state index is 12.6. The second-order valence-corrected chi connectivity index (χ2v) is 7.08. The van der Waals surface area contributed by atoms with Gasteiger partial charge in [0.25, 0.3) is 11.8 Å². The van der Waals surface area contributed by atoms with E-state index < -0.39 is 24.4 Å². The zero-order valence-corrected chi connectivity index (χ0v) is 17.9. The Kier molecular flexibility index (Phi) is 7.22. The number of amides is 2. The number of tetrazole rings is 1. The molecule has 2 N–H and O–H groups in total. The van der Waals surface area contributed by atoms with Gasteiger partial charge in [0.2, 0.25) is 0 Å². The molecule has 0 radical (unpaired) electrons. The lowest BCUT2D eigenvalue weighted by atomic mass is 10.2. The van der Waals surface area contributed by atoms with Crippen LogP contribution < -0.4 is 10.9 Å². The van der Waals surface area contributed by atoms with Crippen molar-refractivity contribution < 1.29 is 19.1 Å². The van der Waals surface area contributed by atoms with E-state index in [-0.39, 0.29) is 5.70 Å². The average Bonchev–Trinajstić information content (AvgIpc) is 3.20.